The minimum Gasteiger partial charge on any atom is -0.436 e. The zero-order chi connectivity index (χ0) is 16.0. The number of anilines is 1. The molecule has 0 radical (unpaired) electrons. The number of hydrogen-bond acceptors (Lipinski definition) is 3. The van der Waals surface area contributed by atoms with Gasteiger partial charge in [-0.3, -0.25) is 4.79 Å². The van der Waals surface area contributed by atoms with Crippen molar-refractivity contribution in [1.82, 2.24) is 4.98 Å². The van der Waals surface area contributed by atoms with E-state index < -0.39 is 0 Å². The zero-order valence-electron chi connectivity index (χ0n) is 13.2. The molecule has 4 heteroatoms. The molecule has 1 aromatic heterocycles. The first kappa shape index (κ1) is 14.0. The molecule has 23 heavy (non-hydrogen) atoms. The standard InChI is InChI=1S/C19H18N2O2/c1-11-3-8-17-16(9-11)21-19(23-17)14-6-7-15(12(2)10-14)20-18(22)13-4-5-13/h3,6-10,13H,4-5H2,1-2H3,(H,20,22). The van der Waals surface area contributed by atoms with Crippen molar-refractivity contribution < 1.29 is 9.21 Å². The van der Waals surface area contributed by atoms with Crippen LogP contribution in [0.2, 0.25) is 0 Å². The summed E-state index contributed by atoms with van der Waals surface area (Å²) in [6.45, 7) is 4.02. The summed E-state index contributed by atoms with van der Waals surface area (Å²) in [5.41, 5.74) is 5.60. The van der Waals surface area contributed by atoms with Gasteiger partial charge in [0.25, 0.3) is 0 Å². The number of oxazole rings is 1. The maximum absolute atomic E-state index is 11.9. The minimum atomic E-state index is 0.123. The first-order valence-corrected chi connectivity index (χ1v) is 7.89. The van der Waals surface area contributed by atoms with Gasteiger partial charge in [0.05, 0.1) is 0 Å². The Bertz CT molecular complexity index is 907. The van der Waals surface area contributed by atoms with Crippen LogP contribution in [0.15, 0.2) is 40.8 Å². The quantitative estimate of drug-likeness (QED) is 0.777. The molecule has 0 bridgehead atoms. The van der Waals surface area contributed by atoms with Crippen LogP contribution in [0.25, 0.3) is 22.6 Å². The summed E-state index contributed by atoms with van der Waals surface area (Å²) >= 11 is 0. The molecule has 1 saturated carbocycles. The average molecular weight is 306 g/mol. The topological polar surface area (TPSA) is 55.1 Å². The van der Waals surface area contributed by atoms with Crippen molar-refractivity contribution in [1.29, 1.82) is 0 Å². The number of amides is 1. The third-order valence-electron chi connectivity index (χ3n) is 4.22. The number of carbonyl (C=O) groups excluding carboxylic acids is 1. The van der Waals surface area contributed by atoms with Gasteiger partial charge in [-0.05, 0) is 68.1 Å². The largest absolute Gasteiger partial charge is 0.436 e. The Balaban J connectivity index is 1.65. The fraction of sp³-hybridized carbons (Fsp3) is 0.263. The second-order valence-electron chi connectivity index (χ2n) is 6.28. The first-order valence-electron chi connectivity index (χ1n) is 7.89. The Morgan fingerprint density at radius 1 is 1.17 bits per heavy atom. The summed E-state index contributed by atoms with van der Waals surface area (Å²) in [5.74, 6) is 0.932. The number of carbonyl (C=O) groups is 1. The molecular formula is C19H18N2O2. The van der Waals surface area contributed by atoms with E-state index in [1.807, 2.05) is 50.2 Å². The second-order valence-corrected chi connectivity index (χ2v) is 6.28. The zero-order valence-corrected chi connectivity index (χ0v) is 13.2. The van der Waals surface area contributed by atoms with Crippen LogP contribution in [-0.2, 0) is 4.79 Å². The van der Waals surface area contributed by atoms with Gasteiger partial charge in [-0.25, -0.2) is 4.98 Å². The Kier molecular flexibility index (Phi) is 3.18. The summed E-state index contributed by atoms with van der Waals surface area (Å²) in [6.07, 6.45) is 2.01. The number of aromatic nitrogens is 1. The molecule has 1 aliphatic rings. The molecule has 1 fully saturated rings. The van der Waals surface area contributed by atoms with E-state index >= 15 is 0 Å². The third-order valence-corrected chi connectivity index (χ3v) is 4.22. The highest BCUT2D eigenvalue weighted by molar-refractivity contribution is 5.95. The van der Waals surface area contributed by atoms with E-state index in [2.05, 4.69) is 10.3 Å². The molecule has 0 saturated heterocycles. The minimum absolute atomic E-state index is 0.123. The molecule has 1 amide bonds. The molecule has 3 aromatic rings. The average Bonchev–Trinajstić information content (AvgIpc) is 3.29. The molecule has 1 aliphatic carbocycles. The lowest BCUT2D eigenvalue weighted by atomic mass is 10.1. The normalized spacial score (nSPS) is 14.2. The molecule has 0 aliphatic heterocycles. The van der Waals surface area contributed by atoms with Gasteiger partial charge in [-0.1, -0.05) is 6.07 Å². The van der Waals surface area contributed by atoms with Crippen LogP contribution in [0.1, 0.15) is 24.0 Å². The van der Waals surface area contributed by atoms with Gasteiger partial charge < -0.3 is 9.73 Å². The highest BCUT2D eigenvalue weighted by atomic mass is 16.3. The lowest BCUT2D eigenvalue weighted by Crippen LogP contribution is -2.14. The van der Waals surface area contributed by atoms with Crippen LogP contribution < -0.4 is 5.32 Å². The van der Waals surface area contributed by atoms with Gasteiger partial charge in [0, 0.05) is 17.2 Å². The fourth-order valence-corrected chi connectivity index (χ4v) is 2.68. The molecule has 2 aromatic carbocycles. The van der Waals surface area contributed by atoms with Crippen molar-refractivity contribution in [3.8, 4) is 11.5 Å². The van der Waals surface area contributed by atoms with Gasteiger partial charge in [-0.2, -0.15) is 0 Å². The Morgan fingerprint density at radius 3 is 2.74 bits per heavy atom. The Hall–Kier alpha value is -2.62. The molecule has 1 N–H and O–H groups in total. The van der Waals surface area contributed by atoms with Crippen LogP contribution in [0.4, 0.5) is 5.69 Å². The Labute approximate surface area is 134 Å². The smallest absolute Gasteiger partial charge is 0.227 e. The van der Waals surface area contributed by atoms with Gasteiger partial charge in [0.15, 0.2) is 5.58 Å². The number of nitrogens with one attached hydrogen (secondary N) is 1. The van der Waals surface area contributed by atoms with Crippen LogP contribution >= 0.6 is 0 Å². The second kappa shape index (κ2) is 5.23. The number of rotatable bonds is 3. The van der Waals surface area contributed by atoms with E-state index in [0.717, 1.165) is 46.3 Å². The van der Waals surface area contributed by atoms with Crippen molar-refractivity contribution >= 4 is 22.7 Å². The van der Waals surface area contributed by atoms with E-state index in [-0.39, 0.29) is 11.8 Å². The van der Waals surface area contributed by atoms with Crippen LogP contribution in [0, 0.1) is 19.8 Å². The van der Waals surface area contributed by atoms with E-state index in [9.17, 15) is 4.79 Å². The highest BCUT2D eigenvalue weighted by Gasteiger charge is 2.29. The van der Waals surface area contributed by atoms with Crippen LogP contribution in [0.3, 0.4) is 0 Å². The molecule has 4 rings (SSSR count). The summed E-state index contributed by atoms with van der Waals surface area (Å²) in [5, 5.41) is 2.99. The van der Waals surface area contributed by atoms with E-state index in [1.54, 1.807) is 0 Å². The summed E-state index contributed by atoms with van der Waals surface area (Å²) in [4.78, 5) is 16.4. The van der Waals surface area contributed by atoms with Crippen molar-refractivity contribution in [3.63, 3.8) is 0 Å². The maximum atomic E-state index is 11.9. The number of benzene rings is 2. The lowest BCUT2D eigenvalue weighted by molar-refractivity contribution is -0.117. The molecule has 4 nitrogen and oxygen atoms in total. The number of aryl methyl sites for hydroxylation is 2. The SMILES string of the molecule is Cc1ccc2oc(-c3ccc(NC(=O)C4CC4)c(C)c3)nc2c1. The fourth-order valence-electron chi connectivity index (χ4n) is 2.68. The maximum Gasteiger partial charge on any atom is 0.227 e. The van der Waals surface area contributed by atoms with Crippen LogP contribution in [0.5, 0.6) is 0 Å². The van der Waals surface area contributed by atoms with Crippen molar-refractivity contribution in [3.05, 3.63) is 47.5 Å². The number of hydrogen-bond donors (Lipinski definition) is 1. The molecule has 0 spiro atoms. The molecule has 0 atom stereocenters. The molecular weight excluding hydrogens is 288 g/mol. The number of nitrogens with zero attached hydrogens (tertiary/aromatic N) is 1. The first-order chi connectivity index (χ1) is 11.1. The predicted octanol–water partition coefficient (Wildman–Crippen LogP) is 4.46. The third kappa shape index (κ3) is 2.72. The summed E-state index contributed by atoms with van der Waals surface area (Å²) < 4.78 is 5.83. The van der Waals surface area contributed by atoms with E-state index in [1.165, 1.54) is 0 Å². The monoisotopic (exact) mass is 306 g/mol. The van der Waals surface area contributed by atoms with Crippen molar-refractivity contribution in [2.45, 2.75) is 26.7 Å². The lowest BCUT2D eigenvalue weighted by Gasteiger charge is -2.08. The van der Waals surface area contributed by atoms with Crippen molar-refractivity contribution in [2.75, 3.05) is 5.32 Å². The molecule has 1 heterocycles. The van der Waals surface area contributed by atoms with Gasteiger partial charge >= 0.3 is 0 Å². The van der Waals surface area contributed by atoms with Crippen molar-refractivity contribution in [2.24, 2.45) is 5.92 Å². The molecule has 116 valence electrons. The van der Waals surface area contributed by atoms with Gasteiger partial charge in [-0.15, -0.1) is 0 Å². The molecule has 0 unspecified atom stereocenters. The van der Waals surface area contributed by atoms with E-state index in [4.69, 9.17) is 4.42 Å². The predicted molar refractivity (Wildman–Crippen MR) is 90.3 cm³/mol. The van der Waals surface area contributed by atoms with Gasteiger partial charge in [0.1, 0.15) is 5.52 Å². The highest BCUT2D eigenvalue weighted by Crippen LogP contribution is 2.32. The van der Waals surface area contributed by atoms with Crippen LogP contribution in [-0.4, -0.2) is 10.9 Å². The van der Waals surface area contributed by atoms with E-state index in [0.29, 0.717) is 5.89 Å². The Morgan fingerprint density at radius 2 is 2.00 bits per heavy atom. The summed E-state index contributed by atoms with van der Waals surface area (Å²) in [6, 6.07) is 11.8. The number of fused-ring (bicyclic) bond motifs is 1. The van der Waals surface area contributed by atoms with Gasteiger partial charge in [0.2, 0.25) is 11.8 Å². The summed E-state index contributed by atoms with van der Waals surface area (Å²) in [7, 11) is 0.